The lowest BCUT2D eigenvalue weighted by Crippen LogP contribution is -2.47. The normalized spacial score (nSPS) is 16.1. The molecule has 0 bridgehead atoms. The SMILES string of the molecule is CC(C)(C)OC(=O)N(CC(O)c1ccc(Cl)cc1)C1CCc2ccc(-c3ccc(C=O)cc3)cc2C1. The molecule has 2 unspecified atom stereocenters. The van der Waals surface area contributed by atoms with E-state index in [2.05, 4.69) is 18.2 Å². The average Bonchev–Trinajstić information content (AvgIpc) is 2.86. The number of halogens is 1. The maximum atomic E-state index is 13.3. The first kappa shape index (κ1) is 25.9. The van der Waals surface area contributed by atoms with Crippen LogP contribution in [-0.2, 0) is 17.6 Å². The van der Waals surface area contributed by atoms with Gasteiger partial charge in [0, 0.05) is 16.6 Å². The first-order valence-electron chi connectivity index (χ1n) is 12.2. The monoisotopic (exact) mass is 505 g/mol. The van der Waals surface area contributed by atoms with Crippen LogP contribution in [0.5, 0.6) is 0 Å². The number of rotatable bonds is 6. The van der Waals surface area contributed by atoms with Crippen LogP contribution in [0.1, 0.15) is 60.3 Å². The van der Waals surface area contributed by atoms with E-state index >= 15 is 0 Å². The second-order valence-electron chi connectivity index (χ2n) is 10.3. The molecule has 5 nitrogen and oxygen atoms in total. The molecular formula is C30H32ClNO4. The van der Waals surface area contributed by atoms with Gasteiger partial charge in [0.15, 0.2) is 0 Å². The molecule has 0 heterocycles. The fourth-order valence-electron chi connectivity index (χ4n) is 4.61. The molecular weight excluding hydrogens is 474 g/mol. The third-order valence-electron chi connectivity index (χ3n) is 6.48. The summed E-state index contributed by atoms with van der Waals surface area (Å²) >= 11 is 6.01. The van der Waals surface area contributed by atoms with Crippen molar-refractivity contribution in [3.63, 3.8) is 0 Å². The number of aliphatic hydroxyl groups excluding tert-OH is 1. The summed E-state index contributed by atoms with van der Waals surface area (Å²) in [6.45, 7) is 5.66. The molecule has 0 aliphatic heterocycles. The van der Waals surface area contributed by atoms with Gasteiger partial charge in [0.2, 0.25) is 0 Å². The van der Waals surface area contributed by atoms with Gasteiger partial charge in [-0.05, 0) is 80.0 Å². The van der Waals surface area contributed by atoms with Crippen molar-refractivity contribution in [1.82, 2.24) is 4.90 Å². The first-order valence-corrected chi connectivity index (χ1v) is 12.6. The van der Waals surface area contributed by atoms with Gasteiger partial charge in [-0.25, -0.2) is 4.79 Å². The molecule has 1 N–H and O–H groups in total. The molecule has 3 aromatic carbocycles. The van der Waals surface area contributed by atoms with Gasteiger partial charge in [-0.1, -0.05) is 66.2 Å². The minimum atomic E-state index is -0.862. The lowest BCUT2D eigenvalue weighted by atomic mass is 9.85. The highest BCUT2D eigenvalue weighted by molar-refractivity contribution is 6.30. The molecule has 0 saturated carbocycles. The van der Waals surface area contributed by atoms with Crippen molar-refractivity contribution in [2.45, 2.75) is 57.8 Å². The zero-order chi connectivity index (χ0) is 25.9. The van der Waals surface area contributed by atoms with Gasteiger partial charge in [0.1, 0.15) is 11.9 Å². The number of nitrogens with zero attached hydrogens (tertiary/aromatic N) is 1. The highest BCUT2D eigenvalue weighted by Crippen LogP contribution is 2.31. The summed E-state index contributed by atoms with van der Waals surface area (Å²) in [5.41, 5.74) is 5.24. The van der Waals surface area contributed by atoms with Crippen LogP contribution in [-0.4, -0.2) is 40.6 Å². The number of ether oxygens (including phenoxy) is 1. The molecule has 1 aliphatic carbocycles. The maximum absolute atomic E-state index is 13.3. The van der Waals surface area contributed by atoms with Gasteiger partial charge in [0.25, 0.3) is 0 Å². The Labute approximate surface area is 217 Å². The fourth-order valence-corrected chi connectivity index (χ4v) is 4.73. The summed E-state index contributed by atoms with van der Waals surface area (Å²) < 4.78 is 5.74. The number of carbonyl (C=O) groups is 2. The van der Waals surface area contributed by atoms with E-state index in [4.69, 9.17) is 16.3 Å². The number of hydrogen-bond acceptors (Lipinski definition) is 4. The van der Waals surface area contributed by atoms with E-state index in [1.54, 1.807) is 29.2 Å². The second-order valence-corrected chi connectivity index (χ2v) is 10.8. The molecule has 1 aliphatic rings. The lowest BCUT2D eigenvalue weighted by molar-refractivity contribution is 0.00195. The van der Waals surface area contributed by atoms with Crippen molar-refractivity contribution >= 4 is 24.0 Å². The number of aldehydes is 1. The zero-order valence-corrected chi connectivity index (χ0v) is 21.7. The number of aryl methyl sites for hydroxylation is 1. The number of hydrogen-bond donors (Lipinski definition) is 1. The van der Waals surface area contributed by atoms with Gasteiger partial charge in [-0.15, -0.1) is 0 Å². The number of amides is 1. The van der Waals surface area contributed by atoms with E-state index in [-0.39, 0.29) is 12.6 Å². The second kappa shape index (κ2) is 10.9. The topological polar surface area (TPSA) is 66.8 Å². The molecule has 1 amide bonds. The summed E-state index contributed by atoms with van der Waals surface area (Å²) in [5, 5.41) is 11.6. The van der Waals surface area contributed by atoms with E-state index in [9.17, 15) is 14.7 Å². The predicted molar refractivity (Wildman–Crippen MR) is 142 cm³/mol. The van der Waals surface area contributed by atoms with Gasteiger partial charge < -0.3 is 14.7 Å². The minimum absolute atomic E-state index is 0.109. The lowest BCUT2D eigenvalue weighted by Gasteiger charge is -2.37. The molecule has 2 atom stereocenters. The smallest absolute Gasteiger partial charge is 0.410 e. The molecule has 4 rings (SSSR count). The molecule has 36 heavy (non-hydrogen) atoms. The number of carbonyl (C=O) groups excluding carboxylic acids is 2. The molecule has 188 valence electrons. The van der Waals surface area contributed by atoms with Crippen LogP contribution in [0.25, 0.3) is 11.1 Å². The summed E-state index contributed by atoms with van der Waals surface area (Å²) in [7, 11) is 0. The summed E-state index contributed by atoms with van der Waals surface area (Å²) in [6.07, 6.45) is 1.84. The Kier molecular flexibility index (Phi) is 7.82. The fraction of sp³-hybridized carbons (Fsp3) is 0.333. The van der Waals surface area contributed by atoms with Crippen molar-refractivity contribution in [2.24, 2.45) is 0 Å². The molecule has 0 radical (unpaired) electrons. The van der Waals surface area contributed by atoms with Crippen LogP contribution >= 0.6 is 11.6 Å². The molecule has 0 saturated heterocycles. The Hall–Kier alpha value is -3.15. The van der Waals surface area contributed by atoms with E-state index < -0.39 is 17.8 Å². The van der Waals surface area contributed by atoms with Crippen molar-refractivity contribution in [2.75, 3.05) is 6.54 Å². The Morgan fingerprint density at radius 2 is 1.72 bits per heavy atom. The molecule has 6 heteroatoms. The van der Waals surface area contributed by atoms with Gasteiger partial charge in [0.05, 0.1) is 12.6 Å². The van der Waals surface area contributed by atoms with Crippen molar-refractivity contribution in [3.8, 4) is 11.1 Å². The van der Waals surface area contributed by atoms with E-state index in [1.807, 2.05) is 45.0 Å². The quantitative estimate of drug-likeness (QED) is 0.381. The van der Waals surface area contributed by atoms with Gasteiger partial charge in [-0.3, -0.25) is 4.79 Å². The van der Waals surface area contributed by atoms with E-state index in [0.29, 0.717) is 22.6 Å². The Morgan fingerprint density at radius 3 is 2.36 bits per heavy atom. The van der Waals surface area contributed by atoms with Crippen LogP contribution < -0.4 is 0 Å². The third-order valence-corrected chi connectivity index (χ3v) is 6.73. The summed E-state index contributed by atoms with van der Waals surface area (Å²) in [5.74, 6) is 0. The van der Waals surface area contributed by atoms with Crippen LogP contribution in [0.15, 0.2) is 66.7 Å². The van der Waals surface area contributed by atoms with Gasteiger partial charge in [-0.2, -0.15) is 0 Å². The van der Waals surface area contributed by atoms with Crippen LogP contribution in [0.4, 0.5) is 4.79 Å². The Morgan fingerprint density at radius 1 is 1.06 bits per heavy atom. The Balaban J connectivity index is 1.59. The molecule has 0 spiro atoms. The zero-order valence-electron chi connectivity index (χ0n) is 20.9. The minimum Gasteiger partial charge on any atom is -0.444 e. The highest BCUT2D eigenvalue weighted by Gasteiger charge is 2.32. The standard InChI is InChI=1S/C30H32ClNO4/c1-30(2,3)36-29(35)32(18-28(34)23-10-13-26(31)14-11-23)27-15-12-22-8-9-24(16-25(22)17-27)21-6-4-20(19-33)5-7-21/h4-11,13-14,16,19,27-28,34H,12,15,17-18H2,1-3H3. The van der Waals surface area contributed by atoms with Crippen LogP contribution in [0.3, 0.4) is 0 Å². The summed E-state index contributed by atoms with van der Waals surface area (Å²) in [6, 6.07) is 20.8. The summed E-state index contributed by atoms with van der Waals surface area (Å²) in [4.78, 5) is 26.0. The van der Waals surface area contributed by atoms with Crippen LogP contribution in [0.2, 0.25) is 5.02 Å². The molecule has 0 fully saturated rings. The first-order chi connectivity index (χ1) is 17.1. The van der Waals surface area contributed by atoms with E-state index in [0.717, 1.165) is 30.3 Å². The maximum Gasteiger partial charge on any atom is 0.410 e. The number of fused-ring (bicyclic) bond motifs is 1. The molecule has 0 aromatic heterocycles. The molecule has 3 aromatic rings. The largest absolute Gasteiger partial charge is 0.444 e. The predicted octanol–water partition coefficient (Wildman–Crippen LogP) is 6.65. The number of aliphatic hydroxyl groups is 1. The Bertz CT molecular complexity index is 1220. The third kappa shape index (κ3) is 6.34. The number of benzene rings is 3. The van der Waals surface area contributed by atoms with E-state index in [1.165, 1.54) is 11.1 Å². The highest BCUT2D eigenvalue weighted by atomic mass is 35.5. The van der Waals surface area contributed by atoms with Crippen LogP contribution in [0, 0.1) is 0 Å². The van der Waals surface area contributed by atoms with Crippen molar-refractivity contribution in [3.05, 3.63) is 94.0 Å². The van der Waals surface area contributed by atoms with Crippen molar-refractivity contribution < 1.29 is 19.4 Å². The van der Waals surface area contributed by atoms with Crippen molar-refractivity contribution in [1.29, 1.82) is 0 Å². The van der Waals surface area contributed by atoms with Gasteiger partial charge >= 0.3 is 6.09 Å². The average molecular weight is 506 g/mol.